The maximum absolute atomic E-state index is 10.5. The van der Waals surface area contributed by atoms with E-state index in [0.29, 0.717) is 5.69 Å². The average molecular weight is 232 g/mol. The van der Waals surface area contributed by atoms with E-state index in [2.05, 4.69) is 5.10 Å². The zero-order valence-corrected chi connectivity index (χ0v) is 9.33. The van der Waals surface area contributed by atoms with E-state index < -0.39 is 5.97 Å². The Morgan fingerprint density at radius 2 is 2.29 bits per heavy atom. The number of rotatable bonds is 4. The molecule has 2 aromatic rings. The number of carboxylic acid groups (broad SMARTS) is 1. The fraction of sp³-hybridized carbons (Fsp3) is 0.167. The number of carboxylic acids is 1. The lowest BCUT2D eigenvalue weighted by Crippen LogP contribution is -2.02. The monoisotopic (exact) mass is 232 g/mol. The summed E-state index contributed by atoms with van der Waals surface area (Å²) in [6.45, 7) is 0. The molecule has 5 heteroatoms. The number of aliphatic carboxylic acids is 1. The third-order valence-corrected chi connectivity index (χ3v) is 2.29. The number of hydrogen-bond acceptors (Lipinski definition) is 3. The Hall–Kier alpha value is -2.30. The summed E-state index contributed by atoms with van der Waals surface area (Å²) in [4.78, 5) is 10.5. The third kappa shape index (κ3) is 2.63. The van der Waals surface area contributed by atoms with Crippen LogP contribution < -0.4 is 4.74 Å². The van der Waals surface area contributed by atoms with E-state index in [9.17, 15) is 4.79 Å². The number of aromatic nitrogens is 2. The Bertz CT molecular complexity index is 534. The molecule has 0 fully saturated rings. The number of methoxy groups -OCH3 is 1. The summed E-state index contributed by atoms with van der Waals surface area (Å²) < 4.78 is 6.74. The van der Waals surface area contributed by atoms with Crippen LogP contribution in [0.1, 0.15) is 5.69 Å². The first-order valence-corrected chi connectivity index (χ1v) is 5.10. The summed E-state index contributed by atoms with van der Waals surface area (Å²) in [5.74, 6) is -0.154. The second kappa shape index (κ2) is 4.69. The second-order valence-electron chi connectivity index (χ2n) is 3.52. The molecule has 0 aliphatic carbocycles. The van der Waals surface area contributed by atoms with Gasteiger partial charge in [0.25, 0.3) is 0 Å². The maximum atomic E-state index is 10.5. The highest BCUT2D eigenvalue weighted by Gasteiger charge is 2.05. The molecule has 1 aromatic carbocycles. The van der Waals surface area contributed by atoms with Crippen molar-refractivity contribution >= 4 is 5.97 Å². The van der Waals surface area contributed by atoms with Crippen LogP contribution in [0.25, 0.3) is 5.69 Å². The number of nitrogens with zero attached hydrogens (tertiary/aromatic N) is 2. The minimum atomic E-state index is -0.888. The Balaban J connectivity index is 2.26. The molecule has 1 N–H and O–H groups in total. The van der Waals surface area contributed by atoms with Crippen LogP contribution in [-0.4, -0.2) is 28.0 Å². The van der Waals surface area contributed by atoms with Crippen molar-refractivity contribution in [3.05, 3.63) is 42.2 Å². The van der Waals surface area contributed by atoms with Crippen LogP contribution in [0.2, 0.25) is 0 Å². The molecule has 0 saturated carbocycles. The molecule has 17 heavy (non-hydrogen) atoms. The molecule has 0 amide bonds. The molecule has 88 valence electrons. The van der Waals surface area contributed by atoms with E-state index in [0.717, 1.165) is 11.4 Å². The van der Waals surface area contributed by atoms with Crippen LogP contribution in [0.4, 0.5) is 0 Å². The Kier molecular flexibility index (Phi) is 3.09. The molecule has 0 unspecified atom stereocenters. The van der Waals surface area contributed by atoms with E-state index in [1.807, 2.05) is 24.3 Å². The van der Waals surface area contributed by atoms with Gasteiger partial charge < -0.3 is 9.84 Å². The average Bonchev–Trinajstić information content (AvgIpc) is 2.77. The molecule has 0 bridgehead atoms. The van der Waals surface area contributed by atoms with Crippen LogP contribution in [0.15, 0.2) is 36.5 Å². The Morgan fingerprint density at radius 1 is 1.47 bits per heavy atom. The molecule has 0 radical (unpaired) electrons. The molecule has 0 atom stereocenters. The van der Waals surface area contributed by atoms with E-state index in [4.69, 9.17) is 9.84 Å². The fourth-order valence-corrected chi connectivity index (χ4v) is 1.51. The first-order valence-electron chi connectivity index (χ1n) is 5.10. The van der Waals surface area contributed by atoms with Crippen LogP contribution in [0, 0.1) is 0 Å². The lowest BCUT2D eigenvalue weighted by molar-refractivity contribution is -0.136. The van der Waals surface area contributed by atoms with Crippen LogP contribution in [0.5, 0.6) is 5.75 Å². The van der Waals surface area contributed by atoms with Gasteiger partial charge >= 0.3 is 5.97 Å². The second-order valence-corrected chi connectivity index (χ2v) is 3.52. The largest absolute Gasteiger partial charge is 0.497 e. The predicted molar refractivity (Wildman–Crippen MR) is 61.5 cm³/mol. The van der Waals surface area contributed by atoms with E-state index in [1.54, 1.807) is 24.1 Å². The lowest BCUT2D eigenvalue weighted by atomic mass is 10.3. The van der Waals surface area contributed by atoms with Crippen molar-refractivity contribution in [1.82, 2.24) is 9.78 Å². The Morgan fingerprint density at radius 3 is 3.00 bits per heavy atom. The van der Waals surface area contributed by atoms with Crippen molar-refractivity contribution in [3.8, 4) is 11.4 Å². The van der Waals surface area contributed by atoms with Crippen molar-refractivity contribution < 1.29 is 14.6 Å². The highest BCUT2D eigenvalue weighted by Crippen LogP contribution is 2.15. The minimum Gasteiger partial charge on any atom is -0.497 e. The number of benzene rings is 1. The van der Waals surface area contributed by atoms with Crippen LogP contribution >= 0.6 is 0 Å². The lowest BCUT2D eigenvalue weighted by Gasteiger charge is -2.03. The summed E-state index contributed by atoms with van der Waals surface area (Å²) in [5, 5.41) is 12.8. The molecule has 1 aromatic heterocycles. The smallest absolute Gasteiger partial charge is 0.309 e. The van der Waals surface area contributed by atoms with Crippen LogP contribution in [0.3, 0.4) is 0 Å². The van der Waals surface area contributed by atoms with Gasteiger partial charge in [-0.25, -0.2) is 4.68 Å². The summed E-state index contributed by atoms with van der Waals surface area (Å²) in [6.07, 6.45) is 1.66. The van der Waals surface area contributed by atoms with E-state index in [1.165, 1.54) is 0 Å². The van der Waals surface area contributed by atoms with Crippen molar-refractivity contribution in [2.24, 2.45) is 0 Å². The van der Waals surface area contributed by atoms with Gasteiger partial charge in [0.2, 0.25) is 0 Å². The summed E-state index contributed by atoms with van der Waals surface area (Å²) >= 11 is 0. The predicted octanol–water partition coefficient (Wildman–Crippen LogP) is 1.51. The highest BCUT2D eigenvalue weighted by atomic mass is 16.5. The first kappa shape index (κ1) is 11.2. The first-order chi connectivity index (χ1) is 8.19. The molecule has 0 aliphatic rings. The SMILES string of the molecule is COc1cccc(-n2ccc(CC(=O)O)n2)c1. The van der Waals surface area contributed by atoms with Gasteiger partial charge in [0.05, 0.1) is 24.9 Å². The molecule has 2 rings (SSSR count). The van der Waals surface area contributed by atoms with Gasteiger partial charge in [0.15, 0.2) is 0 Å². The highest BCUT2D eigenvalue weighted by molar-refractivity contribution is 5.69. The molecule has 0 spiro atoms. The van der Waals surface area contributed by atoms with E-state index >= 15 is 0 Å². The Labute approximate surface area is 98.3 Å². The zero-order chi connectivity index (χ0) is 12.3. The van der Waals surface area contributed by atoms with Crippen molar-refractivity contribution in [2.45, 2.75) is 6.42 Å². The minimum absolute atomic E-state index is 0.0725. The van der Waals surface area contributed by atoms with Gasteiger partial charge in [-0.3, -0.25) is 4.79 Å². The zero-order valence-electron chi connectivity index (χ0n) is 9.33. The topological polar surface area (TPSA) is 64.3 Å². The van der Waals surface area contributed by atoms with Crippen molar-refractivity contribution in [3.63, 3.8) is 0 Å². The quantitative estimate of drug-likeness (QED) is 0.867. The van der Waals surface area contributed by atoms with Gasteiger partial charge in [-0.2, -0.15) is 5.10 Å². The molecule has 5 nitrogen and oxygen atoms in total. The normalized spacial score (nSPS) is 10.2. The number of ether oxygens (including phenoxy) is 1. The number of carbonyl (C=O) groups is 1. The van der Waals surface area contributed by atoms with Crippen molar-refractivity contribution in [1.29, 1.82) is 0 Å². The molecule has 1 heterocycles. The van der Waals surface area contributed by atoms with Gasteiger partial charge in [-0.15, -0.1) is 0 Å². The summed E-state index contributed by atoms with van der Waals surface area (Å²) in [5.41, 5.74) is 1.36. The summed E-state index contributed by atoms with van der Waals surface area (Å²) in [6, 6.07) is 9.09. The molecule has 0 saturated heterocycles. The molecular weight excluding hydrogens is 220 g/mol. The number of hydrogen-bond donors (Lipinski definition) is 1. The van der Waals surface area contributed by atoms with Crippen molar-refractivity contribution in [2.75, 3.05) is 7.11 Å². The van der Waals surface area contributed by atoms with Gasteiger partial charge in [-0.1, -0.05) is 6.07 Å². The van der Waals surface area contributed by atoms with Gasteiger partial charge in [-0.05, 0) is 18.2 Å². The fourth-order valence-electron chi connectivity index (χ4n) is 1.51. The maximum Gasteiger partial charge on any atom is 0.309 e. The van der Waals surface area contributed by atoms with E-state index in [-0.39, 0.29) is 6.42 Å². The third-order valence-electron chi connectivity index (χ3n) is 2.29. The molecular formula is C12H12N2O3. The van der Waals surface area contributed by atoms with Crippen LogP contribution in [-0.2, 0) is 11.2 Å². The summed E-state index contributed by atoms with van der Waals surface area (Å²) in [7, 11) is 1.60. The van der Waals surface area contributed by atoms with Gasteiger partial charge in [0, 0.05) is 12.3 Å². The standard InChI is InChI=1S/C12H12N2O3/c1-17-11-4-2-3-10(8-11)14-6-5-9(13-14)7-12(15)16/h2-6,8H,7H2,1H3,(H,15,16). The molecule has 0 aliphatic heterocycles. The van der Waals surface area contributed by atoms with Gasteiger partial charge in [0.1, 0.15) is 5.75 Å².